The van der Waals surface area contributed by atoms with Crippen molar-refractivity contribution in [3.05, 3.63) is 71.4 Å². The molecule has 1 fully saturated rings. The van der Waals surface area contributed by atoms with Crippen LogP contribution in [0.4, 0.5) is 4.39 Å². The van der Waals surface area contributed by atoms with Crippen molar-refractivity contribution in [2.24, 2.45) is 0 Å². The number of sulfonamides is 1. The molecule has 6 nitrogen and oxygen atoms in total. The van der Waals surface area contributed by atoms with Crippen LogP contribution in [0.5, 0.6) is 5.75 Å². The van der Waals surface area contributed by atoms with E-state index in [4.69, 9.17) is 4.74 Å². The van der Waals surface area contributed by atoms with E-state index in [2.05, 4.69) is 0 Å². The zero-order chi connectivity index (χ0) is 22.0. The Labute approximate surface area is 184 Å². The van der Waals surface area contributed by atoms with Crippen LogP contribution in [0.1, 0.15) is 9.67 Å². The van der Waals surface area contributed by atoms with Gasteiger partial charge in [0.15, 0.2) is 0 Å². The summed E-state index contributed by atoms with van der Waals surface area (Å²) in [6, 6.07) is 16.0. The van der Waals surface area contributed by atoms with E-state index < -0.39 is 10.0 Å². The lowest BCUT2D eigenvalue weighted by molar-refractivity contribution is 0.0703. The second-order valence-corrected chi connectivity index (χ2v) is 10.1. The van der Waals surface area contributed by atoms with Gasteiger partial charge in [-0.3, -0.25) is 4.79 Å². The summed E-state index contributed by atoms with van der Waals surface area (Å²) in [5, 5.41) is 0. The molecule has 0 aliphatic carbocycles. The Morgan fingerprint density at radius 2 is 1.58 bits per heavy atom. The van der Waals surface area contributed by atoms with Crippen molar-refractivity contribution in [1.82, 2.24) is 9.21 Å². The minimum absolute atomic E-state index is 0.125. The van der Waals surface area contributed by atoms with Gasteiger partial charge in [-0.25, -0.2) is 12.8 Å². The first kappa shape index (κ1) is 21.5. The van der Waals surface area contributed by atoms with Gasteiger partial charge >= 0.3 is 0 Å². The Morgan fingerprint density at radius 1 is 0.935 bits per heavy atom. The van der Waals surface area contributed by atoms with Crippen molar-refractivity contribution in [3.8, 4) is 16.2 Å². The van der Waals surface area contributed by atoms with Crippen LogP contribution < -0.4 is 4.74 Å². The van der Waals surface area contributed by atoms with Crippen LogP contribution in [0.3, 0.4) is 0 Å². The number of carbonyl (C=O) groups excluding carboxylic acids is 1. The molecular formula is C22H21FN2O4S2. The second-order valence-electron chi connectivity index (χ2n) is 7.04. The molecule has 1 amide bonds. The molecule has 1 saturated heterocycles. The van der Waals surface area contributed by atoms with Crippen LogP contribution in [0.2, 0.25) is 0 Å². The van der Waals surface area contributed by atoms with Crippen LogP contribution in [0, 0.1) is 5.82 Å². The van der Waals surface area contributed by atoms with E-state index in [9.17, 15) is 17.6 Å². The van der Waals surface area contributed by atoms with Crippen LogP contribution in [0.25, 0.3) is 10.4 Å². The lowest BCUT2D eigenvalue weighted by Crippen LogP contribution is -2.50. The summed E-state index contributed by atoms with van der Waals surface area (Å²) in [6.45, 7) is 1.10. The molecular weight excluding hydrogens is 439 g/mol. The van der Waals surface area contributed by atoms with E-state index in [0.29, 0.717) is 23.7 Å². The van der Waals surface area contributed by atoms with E-state index in [0.717, 1.165) is 10.4 Å². The maximum atomic E-state index is 13.1. The van der Waals surface area contributed by atoms with Gasteiger partial charge in [-0.15, -0.1) is 11.3 Å². The molecule has 9 heteroatoms. The van der Waals surface area contributed by atoms with Crippen LogP contribution in [0.15, 0.2) is 65.6 Å². The third-order valence-electron chi connectivity index (χ3n) is 5.17. The van der Waals surface area contributed by atoms with Gasteiger partial charge in [0.05, 0.1) is 16.9 Å². The molecule has 2 aromatic carbocycles. The predicted octanol–water partition coefficient (Wildman–Crippen LogP) is 3.71. The highest BCUT2D eigenvalue weighted by atomic mass is 32.2. The van der Waals surface area contributed by atoms with Gasteiger partial charge in [-0.1, -0.05) is 12.1 Å². The number of halogens is 1. The predicted molar refractivity (Wildman–Crippen MR) is 117 cm³/mol. The molecule has 0 N–H and O–H groups in total. The van der Waals surface area contributed by atoms with Gasteiger partial charge in [0, 0.05) is 31.1 Å². The van der Waals surface area contributed by atoms with E-state index in [1.165, 1.54) is 47.0 Å². The van der Waals surface area contributed by atoms with Gasteiger partial charge in [-0.05, 0) is 54.1 Å². The van der Waals surface area contributed by atoms with E-state index in [1.807, 2.05) is 6.07 Å². The summed E-state index contributed by atoms with van der Waals surface area (Å²) >= 11 is 1.34. The van der Waals surface area contributed by atoms with E-state index >= 15 is 0 Å². The number of amides is 1. The van der Waals surface area contributed by atoms with Crippen molar-refractivity contribution in [2.45, 2.75) is 4.90 Å². The molecule has 0 spiro atoms. The fourth-order valence-corrected chi connectivity index (χ4v) is 5.81. The highest BCUT2D eigenvalue weighted by Gasteiger charge is 2.30. The highest BCUT2D eigenvalue weighted by Crippen LogP contribution is 2.29. The van der Waals surface area contributed by atoms with Crippen molar-refractivity contribution in [2.75, 3.05) is 33.3 Å². The highest BCUT2D eigenvalue weighted by molar-refractivity contribution is 7.89. The van der Waals surface area contributed by atoms with Crippen molar-refractivity contribution < 1.29 is 22.3 Å². The number of thiophene rings is 1. The second kappa shape index (κ2) is 8.78. The number of hydrogen-bond acceptors (Lipinski definition) is 5. The summed E-state index contributed by atoms with van der Waals surface area (Å²) in [5.41, 5.74) is 0.848. The number of ether oxygens (including phenoxy) is 1. The van der Waals surface area contributed by atoms with Crippen molar-refractivity contribution in [1.29, 1.82) is 0 Å². The molecule has 4 rings (SSSR count). The lowest BCUT2D eigenvalue weighted by Gasteiger charge is -2.33. The van der Waals surface area contributed by atoms with Gasteiger partial charge in [0.2, 0.25) is 10.0 Å². The number of hydrogen-bond donors (Lipinski definition) is 0. The first-order valence-electron chi connectivity index (χ1n) is 9.68. The van der Waals surface area contributed by atoms with Gasteiger partial charge in [-0.2, -0.15) is 4.31 Å². The Morgan fingerprint density at radius 3 is 2.19 bits per heavy atom. The fraction of sp³-hybridized carbons (Fsp3) is 0.227. The molecule has 0 atom stereocenters. The molecule has 31 heavy (non-hydrogen) atoms. The number of nitrogens with zero attached hydrogens (tertiary/aromatic N) is 2. The average Bonchev–Trinajstić information content (AvgIpc) is 3.29. The third-order valence-corrected chi connectivity index (χ3v) is 8.20. The standard InChI is InChI=1S/C22H21FN2O4S2/c1-29-18-6-8-19(9-7-18)31(27,28)25-14-12-24(13-15-25)22(26)21-11-10-20(30-21)16-2-4-17(23)5-3-16/h2-11H,12-15H2,1H3. The van der Waals surface area contributed by atoms with E-state index in [1.54, 1.807) is 35.2 Å². The molecule has 0 bridgehead atoms. The molecule has 1 aliphatic rings. The molecule has 2 heterocycles. The van der Waals surface area contributed by atoms with Gasteiger partial charge < -0.3 is 9.64 Å². The Balaban J connectivity index is 1.41. The fourth-order valence-electron chi connectivity index (χ4n) is 3.41. The largest absolute Gasteiger partial charge is 0.497 e. The lowest BCUT2D eigenvalue weighted by atomic mass is 10.2. The molecule has 162 valence electrons. The number of benzene rings is 2. The minimum Gasteiger partial charge on any atom is -0.497 e. The van der Waals surface area contributed by atoms with Gasteiger partial charge in [0.1, 0.15) is 11.6 Å². The Hall–Kier alpha value is -2.75. The summed E-state index contributed by atoms with van der Waals surface area (Å²) in [6.07, 6.45) is 0. The number of piperazine rings is 1. The molecule has 3 aromatic rings. The molecule has 0 radical (unpaired) electrons. The summed E-state index contributed by atoms with van der Waals surface area (Å²) < 4.78 is 45.4. The minimum atomic E-state index is -3.62. The Kier molecular flexibility index (Phi) is 6.08. The van der Waals surface area contributed by atoms with Crippen LogP contribution in [-0.4, -0.2) is 56.8 Å². The normalized spacial score (nSPS) is 15.1. The monoisotopic (exact) mass is 460 g/mol. The van der Waals surface area contributed by atoms with Crippen molar-refractivity contribution >= 4 is 27.3 Å². The molecule has 1 aromatic heterocycles. The number of rotatable bonds is 5. The van der Waals surface area contributed by atoms with Gasteiger partial charge in [0.25, 0.3) is 5.91 Å². The zero-order valence-electron chi connectivity index (χ0n) is 16.8. The summed E-state index contributed by atoms with van der Waals surface area (Å²) in [4.78, 5) is 16.2. The van der Waals surface area contributed by atoms with E-state index in [-0.39, 0.29) is 29.7 Å². The summed E-state index contributed by atoms with van der Waals surface area (Å²) in [7, 11) is -2.10. The number of methoxy groups -OCH3 is 1. The van der Waals surface area contributed by atoms with Crippen LogP contribution >= 0.6 is 11.3 Å². The molecule has 0 unspecified atom stereocenters. The third kappa shape index (κ3) is 4.48. The number of carbonyl (C=O) groups is 1. The Bertz CT molecular complexity index is 1170. The molecule has 0 saturated carbocycles. The van der Waals surface area contributed by atoms with Crippen LogP contribution in [-0.2, 0) is 10.0 Å². The maximum absolute atomic E-state index is 13.1. The van der Waals surface area contributed by atoms with Crippen molar-refractivity contribution in [3.63, 3.8) is 0 Å². The average molecular weight is 461 g/mol. The smallest absolute Gasteiger partial charge is 0.264 e. The maximum Gasteiger partial charge on any atom is 0.264 e. The molecule has 1 aliphatic heterocycles. The topological polar surface area (TPSA) is 66.9 Å². The SMILES string of the molecule is COc1ccc(S(=O)(=O)N2CCN(C(=O)c3ccc(-c4ccc(F)cc4)s3)CC2)cc1. The first-order valence-corrected chi connectivity index (χ1v) is 11.9. The quantitative estimate of drug-likeness (QED) is 0.582. The first-order chi connectivity index (χ1) is 14.9. The zero-order valence-corrected chi connectivity index (χ0v) is 18.5. The summed E-state index contributed by atoms with van der Waals surface area (Å²) in [5.74, 6) is 0.157.